The molecule has 0 saturated carbocycles. The highest BCUT2D eigenvalue weighted by Crippen LogP contribution is 2.35. The van der Waals surface area contributed by atoms with Crippen LogP contribution in [0, 0.1) is 0 Å². The number of para-hydroxylation sites is 1. The van der Waals surface area contributed by atoms with E-state index in [1.807, 2.05) is 66.7 Å². The van der Waals surface area contributed by atoms with E-state index in [9.17, 15) is 9.59 Å². The second-order valence-corrected chi connectivity index (χ2v) is 7.14. The summed E-state index contributed by atoms with van der Waals surface area (Å²) < 4.78 is 0. The fourth-order valence-corrected chi connectivity index (χ4v) is 4.10. The lowest BCUT2D eigenvalue weighted by atomic mass is 10.1. The third-order valence-electron chi connectivity index (χ3n) is 4.43. The molecule has 0 aliphatic carbocycles. The maximum Gasteiger partial charge on any atom is 0.237 e. The van der Waals surface area contributed by atoms with Gasteiger partial charge in [-0.25, -0.2) is 0 Å². The van der Waals surface area contributed by atoms with Crippen molar-refractivity contribution >= 4 is 45.7 Å². The van der Waals surface area contributed by atoms with Gasteiger partial charge >= 0.3 is 0 Å². The number of thioether (sulfide) groups is 1. The molecule has 1 aliphatic heterocycles. The molecule has 0 bridgehead atoms. The lowest BCUT2D eigenvalue weighted by Gasteiger charge is -2.28. The van der Waals surface area contributed by atoms with Crippen LogP contribution < -0.4 is 10.2 Å². The van der Waals surface area contributed by atoms with Crippen molar-refractivity contribution in [1.29, 1.82) is 0 Å². The van der Waals surface area contributed by atoms with Crippen LogP contribution in [0.2, 0.25) is 0 Å². The third kappa shape index (κ3) is 3.30. The summed E-state index contributed by atoms with van der Waals surface area (Å²) >= 11 is 1.55. The Bertz CT molecular complexity index is 981. The summed E-state index contributed by atoms with van der Waals surface area (Å²) in [4.78, 5) is 27.5. The van der Waals surface area contributed by atoms with Gasteiger partial charge in [0.25, 0.3) is 0 Å². The molecule has 0 fully saturated rings. The number of nitrogens with zero attached hydrogens (tertiary/aromatic N) is 1. The SMILES string of the molecule is O=C(CCN1C(=O)CSc2ccccc21)Nc1cccc2ccccc12. The van der Waals surface area contributed by atoms with Crippen molar-refractivity contribution in [2.24, 2.45) is 0 Å². The Labute approximate surface area is 156 Å². The van der Waals surface area contributed by atoms with Crippen molar-refractivity contribution in [2.75, 3.05) is 22.5 Å². The zero-order chi connectivity index (χ0) is 17.9. The molecule has 3 aromatic carbocycles. The highest BCUT2D eigenvalue weighted by Gasteiger charge is 2.24. The van der Waals surface area contributed by atoms with E-state index >= 15 is 0 Å². The average Bonchev–Trinajstić information content (AvgIpc) is 2.67. The molecular formula is C21H18N2O2S. The number of amides is 2. The molecule has 1 heterocycles. The van der Waals surface area contributed by atoms with Crippen LogP contribution in [-0.4, -0.2) is 24.1 Å². The van der Waals surface area contributed by atoms with Crippen molar-refractivity contribution < 1.29 is 9.59 Å². The molecule has 0 spiro atoms. The molecule has 2 amide bonds. The molecule has 4 nitrogen and oxygen atoms in total. The van der Waals surface area contributed by atoms with E-state index in [2.05, 4.69) is 5.32 Å². The summed E-state index contributed by atoms with van der Waals surface area (Å²) in [5, 5.41) is 5.08. The molecule has 0 unspecified atom stereocenters. The van der Waals surface area contributed by atoms with Gasteiger partial charge in [0.15, 0.2) is 0 Å². The van der Waals surface area contributed by atoms with Crippen molar-refractivity contribution in [3.05, 3.63) is 66.7 Å². The first-order valence-corrected chi connectivity index (χ1v) is 9.51. The summed E-state index contributed by atoms with van der Waals surface area (Å²) in [5.41, 5.74) is 1.70. The number of nitrogens with one attached hydrogen (secondary N) is 1. The van der Waals surface area contributed by atoms with Crippen LogP contribution >= 0.6 is 11.8 Å². The zero-order valence-electron chi connectivity index (χ0n) is 14.1. The van der Waals surface area contributed by atoms with E-state index in [0.717, 1.165) is 27.0 Å². The van der Waals surface area contributed by atoms with Gasteiger partial charge in [-0.1, -0.05) is 48.5 Å². The van der Waals surface area contributed by atoms with Crippen molar-refractivity contribution in [3.8, 4) is 0 Å². The predicted molar refractivity (Wildman–Crippen MR) is 107 cm³/mol. The van der Waals surface area contributed by atoms with Gasteiger partial charge in [-0.15, -0.1) is 11.8 Å². The minimum Gasteiger partial charge on any atom is -0.325 e. The summed E-state index contributed by atoms with van der Waals surface area (Å²) in [6, 6.07) is 21.6. The molecule has 4 rings (SSSR count). The number of hydrogen-bond donors (Lipinski definition) is 1. The second kappa shape index (κ2) is 7.22. The smallest absolute Gasteiger partial charge is 0.237 e. The standard InChI is InChI=1S/C21H18N2O2S/c24-20(22-17-9-5-7-15-6-1-2-8-16(15)17)12-13-23-18-10-3-4-11-19(18)26-14-21(23)25/h1-11H,12-14H2,(H,22,24). The van der Waals surface area contributed by atoms with Gasteiger partial charge in [-0.3, -0.25) is 9.59 Å². The lowest BCUT2D eigenvalue weighted by Crippen LogP contribution is -2.37. The number of benzene rings is 3. The number of anilines is 2. The van der Waals surface area contributed by atoms with Gasteiger partial charge in [0.1, 0.15) is 0 Å². The Hall–Kier alpha value is -2.79. The zero-order valence-corrected chi connectivity index (χ0v) is 15.0. The van der Waals surface area contributed by atoms with Crippen molar-refractivity contribution in [2.45, 2.75) is 11.3 Å². The highest BCUT2D eigenvalue weighted by atomic mass is 32.2. The molecule has 26 heavy (non-hydrogen) atoms. The van der Waals surface area contributed by atoms with E-state index in [1.54, 1.807) is 16.7 Å². The van der Waals surface area contributed by atoms with Crippen LogP contribution in [0.15, 0.2) is 71.6 Å². The van der Waals surface area contributed by atoms with Crippen LogP contribution in [-0.2, 0) is 9.59 Å². The van der Waals surface area contributed by atoms with Gasteiger partial charge in [0, 0.05) is 28.9 Å². The maximum atomic E-state index is 12.5. The Kier molecular flexibility index (Phi) is 4.63. The van der Waals surface area contributed by atoms with E-state index in [0.29, 0.717) is 12.3 Å². The molecule has 1 N–H and O–H groups in total. The highest BCUT2D eigenvalue weighted by molar-refractivity contribution is 8.00. The number of carbonyl (C=O) groups is 2. The third-order valence-corrected chi connectivity index (χ3v) is 5.48. The summed E-state index contributed by atoms with van der Waals surface area (Å²) in [6.45, 7) is 0.382. The quantitative estimate of drug-likeness (QED) is 0.752. The monoisotopic (exact) mass is 362 g/mol. The molecule has 1 aliphatic rings. The summed E-state index contributed by atoms with van der Waals surface area (Å²) in [7, 11) is 0. The lowest BCUT2D eigenvalue weighted by molar-refractivity contribution is -0.117. The topological polar surface area (TPSA) is 49.4 Å². The van der Waals surface area contributed by atoms with Crippen LogP contribution in [0.3, 0.4) is 0 Å². The second-order valence-electron chi connectivity index (χ2n) is 6.13. The Morgan fingerprint density at radius 3 is 2.69 bits per heavy atom. The minimum atomic E-state index is -0.0927. The van der Waals surface area contributed by atoms with E-state index in [4.69, 9.17) is 0 Å². The van der Waals surface area contributed by atoms with Gasteiger partial charge in [0.05, 0.1) is 11.4 Å². The van der Waals surface area contributed by atoms with E-state index < -0.39 is 0 Å². The fraction of sp³-hybridized carbons (Fsp3) is 0.143. The molecule has 0 aromatic heterocycles. The number of hydrogen-bond acceptors (Lipinski definition) is 3. The predicted octanol–water partition coefficient (Wildman–Crippen LogP) is 4.31. The molecule has 5 heteroatoms. The van der Waals surface area contributed by atoms with E-state index in [-0.39, 0.29) is 18.2 Å². The molecule has 0 saturated heterocycles. The van der Waals surface area contributed by atoms with Gasteiger partial charge in [0.2, 0.25) is 11.8 Å². The van der Waals surface area contributed by atoms with Crippen molar-refractivity contribution in [1.82, 2.24) is 0 Å². The Balaban J connectivity index is 1.47. The minimum absolute atomic E-state index is 0.0478. The first-order chi connectivity index (χ1) is 12.7. The van der Waals surface area contributed by atoms with Crippen molar-refractivity contribution in [3.63, 3.8) is 0 Å². The van der Waals surface area contributed by atoms with Gasteiger partial charge in [-0.05, 0) is 23.6 Å². The largest absolute Gasteiger partial charge is 0.325 e. The van der Waals surface area contributed by atoms with Gasteiger partial charge < -0.3 is 10.2 Å². The molecule has 0 atom stereocenters. The maximum absolute atomic E-state index is 12.5. The first-order valence-electron chi connectivity index (χ1n) is 8.52. The number of fused-ring (bicyclic) bond motifs is 2. The number of rotatable bonds is 4. The van der Waals surface area contributed by atoms with Crippen LogP contribution in [0.25, 0.3) is 10.8 Å². The Morgan fingerprint density at radius 2 is 1.77 bits per heavy atom. The molecule has 3 aromatic rings. The van der Waals surface area contributed by atoms with Crippen LogP contribution in [0.1, 0.15) is 6.42 Å². The first kappa shape index (κ1) is 16.7. The van der Waals surface area contributed by atoms with Gasteiger partial charge in [-0.2, -0.15) is 0 Å². The molecule has 0 radical (unpaired) electrons. The van der Waals surface area contributed by atoms with Crippen LogP contribution in [0.5, 0.6) is 0 Å². The van der Waals surface area contributed by atoms with Crippen LogP contribution in [0.4, 0.5) is 11.4 Å². The molecular weight excluding hydrogens is 344 g/mol. The normalized spacial score (nSPS) is 13.5. The van der Waals surface area contributed by atoms with E-state index in [1.165, 1.54) is 0 Å². The number of carbonyl (C=O) groups excluding carboxylic acids is 2. The average molecular weight is 362 g/mol. The Morgan fingerprint density at radius 1 is 1.00 bits per heavy atom. The summed E-state index contributed by atoms with van der Waals surface area (Å²) in [5.74, 6) is 0.374. The summed E-state index contributed by atoms with van der Waals surface area (Å²) in [6.07, 6.45) is 0.258. The fourth-order valence-electron chi connectivity index (χ4n) is 3.16. The molecule has 130 valence electrons.